The summed E-state index contributed by atoms with van der Waals surface area (Å²) in [4.78, 5) is 21.5. The van der Waals surface area contributed by atoms with Crippen LogP contribution in [0.4, 0.5) is 5.13 Å². The van der Waals surface area contributed by atoms with Crippen LogP contribution in [0.2, 0.25) is 5.02 Å². The molecule has 0 atom stereocenters. The monoisotopic (exact) mass is 476 g/mol. The molecule has 4 rings (SSSR count). The van der Waals surface area contributed by atoms with Gasteiger partial charge in [0.05, 0.1) is 0 Å². The SMILES string of the molecule is O=C(c1cccc(Br)c1)N1CCN(c2nc(Cc3ccc(Cl)cc3)ns2)CC1. The second kappa shape index (κ2) is 8.59. The zero-order chi connectivity index (χ0) is 19.5. The Labute approximate surface area is 181 Å². The number of amides is 1. The molecule has 1 aromatic heterocycles. The first-order valence-corrected chi connectivity index (χ1v) is 10.9. The molecule has 0 bridgehead atoms. The fraction of sp³-hybridized carbons (Fsp3) is 0.250. The maximum absolute atomic E-state index is 12.7. The van der Waals surface area contributed by atoms with Crippen LogP contribution in [0.5, 0.6) is 0 Å². The van der Waals surface area contributed by atoms with Gasteiger partial charge in [-0.3, -0.25) is 4.79 Å². The number of piperazine rings is 1. The van der Waals surface area contributed by atoms with Gasteiger partial charge in [0, 0.05) is 59.2 Å². The van der Waals surface area contributed by atoms with Gasteiger partial charge in [-0.05, 0) is 35.9 Å². The molecule has 0 aliphatic carbocycles. The van der Waals surface area contributed by atoms with Crippen LogP contribution in [0, 0.1) is 0 Å². The first kappa shape index (κ1) is 19.4. The fourth-order valence-electron chi connectivity index (χ4n) is 3.13. The molecule has 144 valence electrons. The van der Waals surface area contributed by atoms with Crippen molar-refractivity contribution in [2.45, 2.75) is 6.42 Å². The average molecular weight is 478 g/mol. The van der Waals surface area contributed by atoms with Crippen molar-refractivity contribution in [2.24, 2.45) is 0 Å². The van der Waals surface area contributed by atoms with Gasteiger partial charge < -0.3 is 9.80 Å². The molecule has 28 heavy (non-hydrogen) atoms. The number of halogens is 2. The lowest BCUT2D eigenvalue weighted by Crippen LogP contribution is -2.48. The molecular formula is C20H18BrClN4OS. The van der Waals surface area contributed by atoms with Gasteiger partial charge in [0.15, 0.2) is 0 Å². The third kappa shape index (κ3) is 4.54. The van der Waals surface area contributed by atoms with E-state index in [1.807, 2.05) is 53.4 Å². The molecular weight excluding hydrogens is 460 g/mol. The highest BCUT2D eigenvalue weighted by molar-refractivity contribution is 9.10. The predicted molar refractivity (Wildman–Crippen MR) is 116 cm³/mol. The van der Waals surface area contributed by atoms with Crippen LogP contribution in [-0.2, 0) is 6.42 Å². The Morgan fingerprint density at radius 3 is 2.57 bits per heavy atom. The number of rotatable bonds is 4. The number of nitrogens with zero attached hydrogens (tertiary/aromatic N) is 4. The highest BCUT2D eigenvalue weighted by Gasteiger charge is 2.24. The van der Waals surface area contributed by atoms with Crippen LogP contribution in [0.3, 0.4) is 0 Å². The topological polar surface area (TPSA) is 49.3 Å². The van der Waals surface area contributed by atoms with E-state index in [0.29, 0.717) is 25.1 Å². The van der Waals surface area contributed by atoms with Crippen molar-refractivity contribution in [3.05, 3.63) is 75.0 Å². The lowest BCUT2D eigenvalue weighted by atomic mass is 10.1. The van der Waals surface area contributed by atoms with Crippen molar-refractivity contribution in [3.8, 4) is 0 Å². The van der Waals surface area contributed by atoms with Gasteiger partial charge in [0.25, 0.3) is 5.91 Å². The summed E-state index contributed by atoms with van der Waals surface area (Å²) in [6.45, 7) is 2.87. The molecule has 1 aliphatic rings. The Hall–Kier alpha value is -1.96. The van der Waals surface area contributed by atoms with Gasteiger partial charge in [0.1, 0.15) is 5.82 Å². The minimum atomic E-state index is 0.0710. The number of anilines is 1. The van der Waals surface area contributed by atoms with Crippen molar-refractivity contribution in [3.63, 3.8) is 0 Å². The van der Waals surface area contributed by atoms with Crippen molar-refractivity contribution < 1.29 is 4.79 Å². The second-order valence-corrected chi connectivity index (χ2v) is 8.67. The van der Waals surface area contributed by atoms with E-state index in [1.54, 1.807) is 0 Å². The highest BCUT2D eigenvalue weighted by atomic mass is 79.9. The molecule has 0 radical (unpaired) electrons. The van der Waals surface area contributed by atoms with Gasteiger partial charge in [-0.2, -0.15) is 4.37 Å². The minimum Gasteiger partial charge on any atom is -0.343 e. The summed E-state index contributed by atoms with van der Waals surface area (Å²) in [6, 6.07) is 15.3. The quantitative estimate of drug-likeness (QED) is 0.555. The molecule has 8 heteroatoms. The van der Waals surface area contributed by atoms with Crippen LogP contribution in [0.1, 0.15) is 21.7 Å². The zero-order valence-corrected chi connectivity index (χ0v) is 18.2. The molecule has 2 aromatic carbocycles. The van der Waals surface area contributed by atoms with E-state index >= 15 is 0 Å². The Kier molecular flexibility index (Phi) is 5.94. The smallest absolute Gasteiger partial charge is 0.254 e. The first-order valence-electron chi connectivity index (χ1n) is 8.95. The van der Waals surface area contributed by atoms with E-state index in [4.69, 9.17) is 11.6 Å². The van der Waals surface area contributed by atoms with E-state index in [9.17, 15) is 4.79 Å². The van der Waals surface area contributed by atoms with Gasteiger partial charge in [-0.25, -0.2) is 4.98 Å². The Morgan fingerprint density at radius 2 is 1.86 bits per heavy atom. The van der Waals surface area contributed by atoms with Gasteiger partial charge >= 0.3 is 0 Å². The molecule has 0 N–H and O–H groups in total. The number of benzene rings is 2. The first-order chi connectivity index (χ1) is 13.6. The number of carbonyl (C=O) groups excluding carboxylic acids is 1. The molecule has 1 amide bonds. The summed E-state index contributed by atoms with van der Waals surface area (Å²) >= 11 is 10.8. The molecule has 3 aromatic rings. The van der Waals surface area contributed by atoms with Gasteiger partial charge in [-0.15, -0.1) is 0 Å². The largest absolute Gasteiger partial charge is 0.343 e. The Morgan fingerprint density at radius 1 is 1.11 bits per heavy atom. The predicted octanol–water partition coefficient (Wildman–Crippen LogP) is 4.51. The van der Waals surface area contributed by atoms with E-state index in [-0.39, 0.29) is 5.91 Å². The molecule has 1 aliphatic heterocycles. The molecule has 2 heterocycles. The Bertz CT molecular complexity index is 970. The zero-order valence-electron chi connectivity index (χ0n) is 15.0. The van der Waals surface area contributed by atoms with Crippen molar-refractivity contribution in [1.29, 1.82) is 0 Å². The van der Waals surface area contributed by atoms with Crippen LogP contribution in [-0.4, -0.2) is 46.3 Å². The Balaban J connectivity index is 1.35. The second-order valence-electron chi connectivity index (χ2n) is 6.59. The summed E-state index contributed by atoms with van der Waals surface area (Å²) < 4.78 is 5.41. The van der Waals surface area contributed by atoms with Crippen LogP contribution < -0.4 is 4.90 Å². The highest BCUT2D eigenvalue weighted by Crippen LogP contribution is 2.22. The normalized spacial score (nSPS) is 14.4. The van der Waals surface area contributed by atoms with Crippen LogP contribution in [0.15, 0.2) is 53.0 Å². The van der Waals surface area contributed by atoms with Gasteiger partial charge in [0.2, 0.25) is 5.13 Å². The third-order valence-corrected chi connectivity index (χ3v) is 6.20. The molecule has 0 saturated carbocycles. The van der Waals surface area contributed by atoms with Gasteiger partial charge in [-0.1, -0.05) is 45.7 Å². The molecule has 0 unspecified atom stereocenters. The van der Waals surface area contributed by atoms with Crippen molar-refractivity contribution in [2.75, 3.05) is 31.1 Å². The van der Waals surface area contributed by atoms with E-state index in [1.165, 1.54) is 11.5 Å². The summed E-state index contributed by atoms with van der Waals surface area (Å²) in [5, 5.41) is 1.64. The maximum Gasteiger partial charge on any atom is 0.254 e. The molecule has 1 fully saturated rings. The molecule has 5 nitrogen and oxygen atoms in total. The average Bonchev–Trinajstić information content (AvgIpc) is 3.18. The molecule has 0 spiro atoms. The van der Waals surface area contributed by atoms with E-state index in [0.717, 1.165) is 39.1 Å². The maximum atomic E-state index is 12.7. The van der Waals surface area contributed by atoms with Crippen LogP contribution >= 0.6 is 39.1 Å². The summed E-state index contributed by atoms with van der Waals surface area (Å²) in [7, 11) is 0. The minimum absolute atomic E-state index is 0.0710. The fourth-order valence-corrected chi connectivity index (χ4v) is 4.40. The lowest BCUT2D eigenvalue weighted by molar-refractivity contribution is 0.0746. The molecule has 1 saturated heterocycles. The summed E-state index contributed by atoms with van der Waals surface area (Å²) in [5.41, 5.74) is 1.85. The summed E-state index contributed by atoms with van der Waals surface area (Å²) in [6.07, 6.45) is 0.689. The number of carbonyl (C=O) groups is 1. The third-order valence-electron chi connectivity index (χ3n) is 4.64. The number of aromatic nitrogens is 2. The number of hydrogen-bond donors (Lipinski definition) is 0. The standard InChI is InChI=1S/C20H18BrClN4OS/c21-16-3-1-2-15(13-16)19(27)25-8-10-26(11-9-25)20-23-18(24-28-20)12-14-4-6-17(22)7-5-14/h1-7,13H,8-12H2. The summed E-state index contributed by atoms with van der Waals surface area (Å²) in [5.74, 6) is 0.886. The van der Waals surface area contributed by atoms with E-state index < -0.39 is 0 Å². The van der Waals surface area contributed by atoms with Crippen molar-refractivity contribution in [1.82, 2.24) is 14.3 Å². The van der Waals surface area contributed by atoms with E-state index in [2.05, 4.69) is 30.2 Å². The lowest BCUT2D eigenvalue weighted by Gasteiger charge is -2.34. The van der Waals surface area contributed by atoms with Crippen molar-refractivity contribution >= 4 is 50.1 Å². The number of hydrogen-bond acceptors (Lipinski definition) is 5. The van der Waals surface area contributed by atoms with Crippen LogP contribution in [0.25, 0.3) is 0 Å².